The van der Waals surface area contributed by atoms with Gasteiger partial charge in [0, 0.05) is 40.6 Å². The van der Waals surface area contributed by atoms with Gasteiger partial charge in [-0.3, -0.25) is 9.78 Å². The number of hydrogen-bond acceptors (Lipinski definition) is 7. The van der Waals surface area contributed by atoms with Gasteiger partial charge in [-0.1, -0.05) is 24.3 Å². The number of carbonyl (C=O) groups excluding carboxylic acids is 1. The van der Waals surface area contributed by atoms with Gasteiger partial charge < -0.3 is 10.6 Å². The Balaban J connectivity index is 1.13. The zero-order chi connectivity index (χ0) is 23.9. The fourth-order valence-corrected chi connectivity index (χ4v) is 5.38. The molecule has 1 aliphatic rings. The maximum Gasteiger partial charge on any atom is 0.270 e. The molecule has 2 N–H and O–H groups in total. The number of fused-ring (bicyclic) bond motifs is 2. The average Bonchev–Trinajstić information content (AvgIpc) is 3.35. The number of anilines is 1. The number of nitrogens with zero attached hydrogens (tertiary/aromatic N) is 5. The first-order chi connectivity index (χ1) is 17.0. The van der Waals surface area contributed by atoms with Crippen molar-refractivity contribution in [1.29, 1.82) is 0 Å². The molecule has 1 fully saturated rings. The van der Waals surface area contributed by atoms with Crippen molar-refractivity contribution in [3.63, 3.8) is 0 Å². The largest absolute Gasteiger partial charge is 0.365 e. The van der Waals surface area contributed by atoms with Crippen LogP contribution in [0, 0.1) is 19.8 Å². The number of hydrogen-bond donors (Lipinski definition) is 2. The van der Waals surface area contributed by atoms with Gasteiger partial charge in [-0.05, 0) is 38.3 Å². The van der Waals surface area contributed by atoms with Gasteiger partial charge in [0.2, 0.25) is 0 Å². The van der Waals surface area contributed by atoms with Gasteiger partial charge in [0.25, 0.3) is 5.91 Å². The Hall–Kier alpha value is -3.85. The van der Waals surface area contributed by atoms with E-state index in [-0.39, 0.29) is 5.91 Å². The summed E-state index contributed by atoms with van der Waals surface area (Å²) in [6, 6.07) is 15.9. The van der Waals surface area contributed by atoms with E-state index in [1.165, 1.54) is 0 Å². The summed E-state index contributed by atoms with van der Waals surface area (Å²) in [6.07, 6.45) is 2.71. The zero-order valence-electron chi connectivity index (χ0n) is 19.5. The standard InChI is InChI=1S/C26H25N7OS/c1-15-23(35-16(2)30-15)14-27-25-12-22(32-24-9-10-29-33(24)25)26(34)28-13-18-11-19(18)21-8-7-17-5-3-4-6-20(17)31-21/h3-10,12,18-19,27H,11,13-14H2,1-2H3,(H,28,34). The van der Waals surface area contributed by atoms with Crippen molar-refractivity contribution in [3.8, 4) is 0 Å². The van der Waals surface area contributed by atoms with E-state index >= 15 is 0 Å². The Bertz CT molecular complexity index is 1560. The summed E-state index contributed by atoms with van der Waals surface area (Å²) in [5, 5.41) is 13.0. The number of benzene rings is 1. The first-order valence-electron chi connectivity index (χ1n) is 11.7. The van der Waals surface area contributed by atoms with Crippen LogP contribution in [0.1, 0.15) is 44.1 Å². The molecule has 8 nitrogen and oxygen atoms in total. The third kappa shape index (κ3) is 4.35. The Morgan fingerprint density at radius 3 is 2.86 bits per heavy atom. The van der Waals surface area contributed by atoms with E-state index in [0.717, 1.165) is 44.4 Å². The van der Waals surface area contributed by atoms with Gasteiger partial charge in [0.1, 0.15) is 11.5 Å². The van der Waals surface area contributed by atoms with Gasteiger partial charge >= 0.3 is 0 Å². The van der Waals surface area contributed by atoms with Crippen LogP contribution in [0.5, 0.6) is 0 Å². The summed E-state index contributed by atoms with van der Waals surface area (Å²) >= 11 is 1.67. The Labute approximate surface area is 206 Å². The highest BCUT2D eigenvalue weighted by Crippen LogP contribution is 2.46. The topological polar surface area (TPSA) is 97.1 Å². The monoisotopic (exact) mass is 483 g/mol. The number of para-hydroxylation sites is 1. The van der Waals surface area contributed by atoms with Crippen LogP contribution in [0.2, 0.25) is 0 Å². The molecule has 1 saturated carbocycles. The van der Waals surface area contributed by atoms with E-state index in [4.69, 9.17) is 4.98 Å². The molecule has 1 aromatic carbocycles. The number of amides is 1. The van der Waals surface area contributed by atoms with Crippen molar-refractivity contribution in [3.05, 3.63) is 81.7 Å². The molecule has 0 spiro atoms. The van der Waals surface area contributed by atoms with Crippen molar-refractivity contribution in [2.24, 2.45) is 5.92 Å². The number of pyridine rings is 1. The molecule has 1 amide bonds. The number of rotatable bonds is 7. The molecular weight excluding hydrogens is 458 g/mol. The summed E-state index contributed by atoms with van der Waals surface area (Å²) in [5.41, 5.74) is 4.13. The number of nitrogens with one attached hydrogen (secondary N) is 2. The summed E-state index contributed by atoms with van der Waals surface area (Å²) in [7, 11) is 0. The molecule has 0 aliphatic heterocycles. The van der Waals surface area contributed by atoms with Crippen molar-refractivity contribution in [2.75, 3.05) is 11.9 Å². The molecular formula is C26H25N7OS. The third-order valence-electron chi connectivity index (χ3n) is 6.47. The second-order valence-electron chi connectivity index (χ2n) is 8.96. The van der Waals surface area contributed by atoms with Gasteiger partial charge in [-0.15, -0.1) is 11.3 Å². The highest BCUT2D eigenvalue weighted by atomic mass is 32.1. The molecule has 176 valence electrons. The fraction of sp³-hybridized carbons (Fsp3) is 0.269. The van der Waals surface area contributed by atoms with Gasteiger partial charge in [-0.2, -0.15) is 9.61 Å². The van der Waals surface area contributed by atoms with Crippen molar-refractivity contribution in [2.45, 2.75) is 32.7 Å². The summed E-state index contributed by atoms with van der Waals surface area (Å²) in [4.78, 5) is 28.0. The van der Waals surface area contributed by atoms with Crippen LogP contribution in [-0.4, -0.2) is 37.0 Å². The Kier molecular flexibility index (Phi) is 5.41. The number of aromatic nitrogens is 5. The van der Waals surface area contributed by atoms with E-state index in [1.807, 2.05) is 32.0 Å². The number of aryl methyl sites for hydroxylation is 2. The second-order valence-corrected chi connectivity index (χ2v) is 10.3. The molecule has 6 rings (SSSR count). The van der Waals surface area contributed by atoms with Gasteiger partial charge in [0.05, 0.1) is 29.0 Å². The lowest BCUT2D eigenvalue weighted by Gasteiger charge is -2.10. The van der Waals surface area contributed by atoms with Crippen LogP contribution in [-0.2, 0) is 6.54 Å². The number of carbonyl (C=O) groups is 1. The maximum atomic E-state index is 13.0. The zero-order valence-corrected chi connectivity index (χ0v) is 20.3. The van der Waals surface area contributed by atoms with E-state index in [9.17, 15) is 4.79 Å². The van der Waals surface area contributed by atoms with Gasteiger partial charge in [0.15, 0.2) is 5.65 Å². The molecule has 4 heterocycles. The van der Waals surface area contributed by atoms with Crippen molar-refractivity contribution < 1.29 is 4.79 Å². The average molecular weight is 484 g/mol. The van der Waals surface area contributed by atoms with E-state index in [0.29, 0.717) is 36.3 Å². The minimum atomic E-state index is -0.182. The fourth-order valence-electron chi connectivity index (χ4n) is 4.50. The summed E-state index contributed by atoms with van der Waals surface area (Å²) in [6.45, 7) is 5.22. The third-order valence-corrected chi connectivity index (χ3v) is 7.54. The van der Waals surface area contributed by atoms with Crippen molar-refractivity contribution in [1.82, 2.24) is 29.9 Å². The predicted molar refractivity (Wildman–Crippen MR) is 137 cm³/mol. The lowest BCUT2D eigenvalue weighted by Crippen LogP contribution is -2.27. The Morgan fingerprint density at radius 2 is 2.00 bits per heavy atom. The van der Waals surface area contributed by atoms with Crippen LogP contribution in [0.3, 0.4) is 0 Å². The van der Waals surface area contributed by atoms with Crippen LogP contribution in [0.4, 0.5) is 5.82 Å². The Morgan fingerprint density at radius 1 is 1.11 bits per heavy atom. The molecule has 5 aromatic rings. The van der Waals surface area contributed by atoms with Crippen LogP contribution in [0.25, 0.3) is 16.6 Å². The first kappa shape index (κ1) is 21.7. The first-order valence-corrected chi connectivity index (χ1v) is 12.5. The van der Waals surface area contributed by atoms with E-state index in [2.05, 4.69) is 43.9 Å². The highest BCUT2D eigenvalue weighted by molar-refractivity contribution is 7.11. The van der Waals surface area contributed by atoms with Crippen LogP contribution >= 0.6 is 11.3 Å². The maximum absolute atomic E-state index is 13.0. The summed E-state index contributed by atoms with van der Waals surface area (Å²) in [5.74, 6) is 1.31. The molecule has 0 radical (unpaired) electrons. The molecule has 4 aromatic heterocycles. The minimum Gasteiger partial charge on any atom is -0.365 e. The smallest absolute Gasteiger partial charge is 0.270 e. The van der Waals surface area contributed by atoms with E-state index < -0.39 is 0 Å². The lowest BCUT2D eigenvalue weighted by atomic mass is 10.1. The minimum absolute atomic E-state index is 0.182. The normalized spacial score (nSPS) is 17.1. The van der Waals surface area contributed by atoms with Crippen LogP contribution < -0.4 is 10.6 Å². The lowest BCUT2D eigenvalue weighted by molar-refractivity contribution is 0.0946. The summed E-state index contributed by atoms with van der Waals surface area (Å²) < 4.78 is 1.71. The highest BCUT2D eigenvalue weighted by Gasteiger charge is 2.39. The quantitative estimate of drug-likeness (QED) is 0.354. The number of thiazole rings is 1. The predicted octanol–water partition coefficient (Wildman–Crippen LogP) is 4.50. The molecule has 9 heteroatoms. The molecule has 0 saturated heterocycles. The SMILES string of the molecule is Cc1nc(C)c(CNc2cc(C(=O)NCC3CC3c3ccc4ccccc4n3)nc3ccnn23)s1. The molecule has 0 bridgehead atoms. The molecule has 1 aliphatic carbocycles. The van der Waals surface area contributed by atoms with E-state index in [1.54, 1.807) is 34.2 Å². The molecule has 2 atom stereocenters. The van der Waals surface area contributed by atoms with Crippen LogP contribution in [0.15, 0.2) is 54.7 Å². The van der Waals surface area contributed by atoms with Crippen molar-refractivity contribution >= 4 is 39.6 Å². The second kappa shape index (κ2) is 8.74. The molecule has 35 heavy (non-hydrogen) atoms. The van der Waals surface area contributed by atoms with Gasteiger partial charge in [-0.25, -0.2) is 9.97 Å². The molecule has 2 unspecified atom stereocenters.